The Morgan fingerprint density at radius 3 is 1.53 bits per heavy atom. The molecule has 82 valence electrons. The van der Waals surface area contributed by atoms with E-state index in [1.807, 2.05) is 12.1 Å². The van der Waals surface area contributed by atoms with Crippen LogP contribution in [0.15, 0.2) is 16.5 Å². The highest BCUT2D eigenvalue weighted by Gasteiger charge is 2.26. The van der Waals surface area contributed by atoms with Gasteiger partial charge in [0.1, 0.15) is 0 Å². The van der Waals surface area contributed by atoms with Crippen molar-refractivity contribution >= 4 is 0 Å². The van der Waals surface area contributed by atoms with Crippen LogP contribution in [0.4, 0.5) is 0 Å². The highest BCUT2D eigenvalue weighted by atomic mass is 16.7. The van der Waals surface area contributed by atoms with E-state index in [-0.39, 0.29) is 12.6 Å². The van der Waals surface area contributed by atoms with Crippen LogP contribution in [-0.2, 0) is 18.9 Å². The second kappa shape index (κ2) is 3.94. The van der Waals surface area contributed by atoms with Crippen LogP contribution >= 0.6 is 0 Å². The van der Waals surface area contributed by atoms with Crippen LogP contribution in [0.1, 0.15) is 24.1 Å². The van der Waals surface area contributed by atoms with Crippen molar-refractivity contribution in [3.05, 3.63) is 23.7 Å². The van der Waals surface area contributed by atoms with Crippen molar-refractivity contribution in [3.8, 4) is 0 Å². The highest BCUT2D eigenvalue weighted by Crippen LogP contribution is 2.30. The summed E-state index contributed by atoms with van der Waals surface area (Å²) < 4.78 is 26.8. The molecule has 2 aliphatic heterocycles. The maximum atomic E-state index is 5.55. The second-order valence-electron chi connectivity index (χ2n) is 3.39. The Kier molecular flexibility index (Phi) is 2.46. The molecule has 2 aliphatic rings. The van der Waals surface area contributed by atoms with Crippen LogP contribution in [0, 0.1) is 0 Å². The van der Waals surface area contributed by atoms with E-state index in [0.29, 0.717) is 37.9 Å². The summed E-state index contributed by atoms with van der Waals surface area (Å²) in [7, 11) is 0. The zero-order valence-electron chi connectivity index (χ0n) is 8.18. The van der Waals surface area contributed by atoms with Crippen LogP contribution < -0.4 is 0 Å². The first-order valence-corrected chi connectivity index (χ1v) is 4.99. The Morgan fingerprint density at radius 1 is 0.733 bits per heavy atom. The van der Waals surface area contributed by atoms with Gasteiger partial charge in [-0.15, -0.1) is 0 Å². The van der Waals surface area contributed by atoms with Gasteiger partial charge in [0.15, 0.2) is 11.5 Å². The van der Waals surface area contributed by atoms with Gasteiger partial charge < -0.3 is 23.4 Å². The van der Waals surface area contributed by atoms with Crippen LogP contribution in [0.2, 0.25) is 0 Å². The van der Waals surface area contributed by atoms with Crippen molar-refractivity contribution in [2.75, 3.05) is 26.4 Å². The fourth-order valence-electron chi connectivity index (χ4n) is 1.67. The maximum absolute atomic E-state index is 5.55. The number of rotatable bonds is 2. The molecule has 0 amide bonds. The van der Waals surface area contributed by atoms with E-state index in [4.69, 9.17) is 23.4 Å². The molecule has 3 heterocycles. The molecule has 0 aliphatic carbocycles. The predicted molar refractivity (Wildman–Crippen MR) is 48.0 cm³/mol. The Morgan fingerprint density at radius 2 is 1.13 bits per heavy atom. The summed E-state index contributed by atoms with van der Waals surface area (Å²) in [5, 5.41) is 0. The standard InChI is InChI=1S/C10H12O5/c1-2-8(10-13-5-6-14-10)15-7(1)9-11-3-4-12-9/h1-2,9-10H,3-6H2. The smallest absolute Gasteiger partial charge is 0.217 e. The van der Waals surface area contributed by atoms with Gasteiger partial charge in [-0.25, -0.2) is 0 Å². The first kappa shape index (κ1) is 9.35. The average Bonchev–Trinajstić information content (AvgIpc) is 3.02. The number of ether oxygens (including phenoxy) is 4. The molecule has 0 unspecified atom stereocenters. The van der Waals surface area contributed by atoms with Crippen molar-refractivity contribution in [1.82, 2.24) is 0 Å². The SMILES string of the molecule is c1cc(C2OCCO2)oc1C1OCCO1. The van der Waals surface area contributed by atoms with Crippen molar-refractivity contribution < 1.29 is 23.4 Å². The summed E-state index contributed by atoms with van der Waals surface area (Å²) in [6.45, 7) is 2.43. The molecule has 1 aromatic rings. The Hall–Kier alpha value is -0.880. The summed E-state index contributed by atoms with van der Waals surface area (Å²) in [4.78, 5) is 0. The molecule has 0 radical (unpaired) electrons. The van der Waals surface area contributed by atoms with E-state index < -0.39 is 0 Å². The van der Waals surface area contributed by atoms with Crippen molar-refractivity contribution in [2.24, 2.45) is 0 Å². The minimum Gasteiger partial charge on any atom is -0.455 e. The van der Waals surface area contributed by atoms with Gasteiger partial charge in [-0.05, 0) is 12.1 Å². The molecule has 0 atom stereocenters. The highest BCUT2D eigenvalue weighted by molar-refractivity contribution is 5.10. The quantitative estimate of drug-likeness (QED) is 0.741. The molecule has 0 N–H and O–H groups in total. The van der Waals surface area contributed by atoms with Crippen LogP contribution in [0.25, 0.3) is 0 Å². The largest absolute Gasteiger partial charge is 0.455 e. The molecule has 0 aromatic carbocycles. The lowest BCUT2D eigenvalue weighted by Crippen LogP contribution is -1.97. The van der Waals surface area contributed by atoms with Crippen molar-refractivity contribution in [2.45, 2.75) is 12.6 Å². The number of hydrogen-bond donors (Lipinski definition) is 0. The number of furan rings is 1. The zero-order chi connectivity index (χ0) is 10.1. The first-order chi connectivity index (χ1) is 7.43. The molecule has 5 heteroatoms. The molecule has 2 fully saturated rings. The minimum absolute atomic E-state index is 0.375. The summed E-state index contributed by atoms with van der Waals surface area (Å²) in [6, 6.07) is 3.66. The lowest BCUT2D eigenvalue weighted by molar-refractivity contribution is -0.0761. The van der Waals surface area contributed by atoms with Gasteiger partial charge in [0, 0.05) is 0 Å². The summed E-state index contributed by atoms with van der Waals surface area (Å²) in [5.74, 6) is 1.34. The normalized spacial score (nSPS) is 24.0. The van der Waals surface area contributed by atoms with Gasteiger partial charge >= 0.3 is 0 Å². The van der Waals surface area contributed by atoms with Gasteiger partial charge in [-0.2, -0.15) is 0 Å². The van der Waals surface area contributed by atoms with Gasteiger partial charge in [-0.1, -0.05) is 0 Å². The van der Waals surface area contributed by atoms with E-state index in [1.165, 1.54) is 0 Å². The van der Waals surface area contributed by atoms with Crippen LogP contribution in [0.3, 0.4) is 0 Å². The molecule has 0 spiro atoms. The molecule has 1 aromatic heterocycles. The first-order valence-electron chi connectivity index (χ1n) is 4.99. The summed E-state index contributed by atoms with van der Waals surface area (Å²) >= 11 is 0. The third kappa shape index (κ3) is 1.79. The molecular formula is C10H12O5. The van der Waals surface area contributed by atoms with Crippen LogP contribution in [-0.4, -0.2) is 26.4 Å². The molecule has 3 rings (SSSR count). The molecule has 15 heavy (non-hydrogen) atoms. The van der Waals surface area contributed by atoms with Gasteiger partial charge in [0.25, 0.3) is 0 Å². The Labute approximate surface area is 86.9 Å². The van der Waals surface area contributed by atoms with E-state index in [1.54, 1.807) is 0 Å². The fourth-order valence-corrected chi connectivity index (χ4v) is 1.67. The van der Waals surface area contributed by atoms with E-state index >= 15 is 0 Å². The van der Waals surface area contributed by atoms with Crippen molar-refractivity contribution in [3.63, 3.8) is 0 Å². The third-order valence-electron chi connectivity index (χ3n) is 2.36. The molecule has 5 nitrogen and oxygen atoms in total. The molecular weight excluding hydrogens is 200 g/mol. The maximum Gasteiger partial charge on any atom is 0.217 e. The fraction of sp³-hybridized carbons (Fsp3) is 0.600. The average molecular weight is 212 g/mol. The zero-order valence-corrected chi connectivity index (χ0v) is 8.18. The topological polar surface area (TPSA) is 50.1 Å². The number of hydrogen-bond acceptors (Lipinski definition) is 5. The van der Waals surface area contributed by atoms with Crippen LogP contribution in [0.5, 0.6) is 0 Å². The third-order valence-corrected chi connectivity index (χ3v) is 2.36. The lowest BCUT2D eigenvalue weighted by atomic mass is 10.4. The minimum atomic E-state index is -0.375. The van der Waals surface area contributed by atoms with Crippen molar-refractivity contribution in [1.29, 1.82) is 0 Å². The van der Waals surface area contributed by atoms with E-state index in [9.17, 15) is 0 Å². The Bertz CT molecular complexity index is 292. The van der Waals surface area contributed by atoms with Gasteiger partial charge in [-0.3, -0.25) is 0 Å². The summed E-state index contributed by atoms with van der Waals surface area (Å²) in [6.07, 6.45) is -0.750. The molecule has 2 saturated heterocycles. The lowest BCUT2D eigenvalue weighted by Gasteiger charge is -2.06. The Balaban J connectivity index is 1.74. The van der Waals surface area contributed by atoms with Gasteiger partial charge in [0.05, 0.1) is 26.4 Å². The summed E-state index contributed by atoms with van der Waals surface area (Å²) in [5.41, 5.74) is 0. The second-order valence-corrected chi connectivity index (χ2v) is 3.39. The molecule has 0 bridgehead atoms. The van der Waals surface area contributed by atoms with Gasteiger partial charge in [0.2, 0.25) is 12.6 Å². The monoisotopic (exact) mass is 212 g/mol. The van der Waals surface area contributed by atoms with E-state index in [2.05, 4.69) is 0 Å². The molecule has 0 saturated carbocycles. The predicted octanol–water partition coefficient (Wildman–Crippen LogP) is 1.37. The van der Waals surface area contributed by atoms with E-state index in [0.717, 1.165) is 0 Å².